The molecule has 0 aliphatic carbocycles. The molecule has 0 aliphatic rings. The highest BCUT2D eigenvalue weighted by molar-refractivity contribution is 7.13. The van der Waals surface area contributed by atoms with Crippen LogP contribution in [0.25, 0.3) is 10.6 Å². The van der Waals surface area contributed by atoms with Crippen LogP contribution < -0.4 is 10.1 Å². The van der Waals surface area contributed by atoms with Crippen LogP contribution in [0.3, 0.4) is 0 Å². The summed E-state index contributed by atoms with van der Waals surface area (Å²) in [4.78, 5) is 21.1. The fraction of sp³-hybridized carbons (Fsp3) is 0.286. The molecule has 2 aromatic heterocycles. The molecule has 6 heteroatoms. The van der Waals surface area contributed by atoms with E-state index in [1.807, 2.05) is 24.4 Å². The van der Waals surface area contributed by atoms with Crippen molar-refractivity contribution in [3.8, 4) is 16.5 Å². The first-order valence-corrected chi connectivity index (χ1v) is 9.88. The van der Waals surface area contributed by atoms with Crippen LogP contribution in [-0.2, 0) is 17.8 Å². The van der Waals surface area contributed by atoms with Crippen LogP contribution in [0, 0.1) is 6.92 Å². The summed E-state index contributed by atoms with van der Waals surface area (Å²) in [6, 6.07) is 12.0. The van der Waals surface area contributed by atoms with E-state index in [-0.39, 0.29) is 12.3 Å². The lowest BCUT2D eigenvalue weighted by molar-refractivity contribution is -0.120. The minimum atomic E-state index is -0.0685. The van der Waals surface area contributed by atoms with E-state index in [0.29, 0.717) is 19.0 Å². The summed E-state index contributed by atoms with van der Waals surface area (Å²) >= 11 is 1.56. The van der Waals surface area contributed by atoms with Crippen LogP contribution in [-0.4, -0.2) is 22.5 Å². The molecule has 0 saturated carbocycles. The number of nitrogens with zero attached hydrogens (tertiary/aromatic N) is 2. The van der Waals surface area contributed by atoms with E-state index in [1.54, 1.807) is 17.5 Å². The van der Waals surface area contributed by atoms with Crippen molar-refractivity contribution < 1.29 is 9.53 Å². The van der Waals surface area contributed by atoms with Gasteiger partial charge in [0.2, 0.25) is 11.8 Å². The van der Waals surface area contributed by atoms with Gasteiger partial charge in [-0.05, 0) is 19.4 Å². The maximum Gasteiger partial charge on any atom is 0.226 e. The Morgan fingerprint density at radius 3 is 2.81 bits per heavy atom. The largest absolute Gasteiger partial charge is 0.477 e. The summed E-state index contributed by atoms with van der Waals surface area (Å²) in [5.74, 6) is 0.510. The number of aryl methyl sites for hydroxylation is 1. The quantitative estimate of drug-likeness (QED) is 0.636. The van der Waals surface area contributed by atoms with E-state index in [0.717, 1.165) is 28.2 Å². The SMILES string of the molecule is CCCOc1ncccc1CNC(=O)Cc1csc(-c2ccc(C)cc2)n1. The first kappa shape index (κ1) is 19.0. The summed E-state index contributed by atoms with van der Waals surface area (Å²) in [7, 11) is 0. The molecule has 0 fully saturated rings. The molecule has 3 rings (SSSR count). The predicted octanol–water partition coefficient (Wildman–Crippen LogP) is 4.16. The van der Waals surface area contributed by atoms with E-state index in [2.05, 4.69) is 46.5 Å². The number of nitrogens with one attached hydrogen (secondary N) is 1. The van der Waals surface area contributed by atoms with Crippen LogP contribution in [0.15, 0.2) is 48.0 Å². The third-order valence-electron chi connectivity index (χ3n) is 3.96. The fourth-order valence-corrected chi connectivity index (χ4v) is 3.35. The van der Waals surface area contributed by atoms with Crippen molar-refractivity contribution in [3.05, 3.63) is 64.8 Å². The van der Waals surface area contributed by atoms with E-state index in [1.165, 1.54) is 5.56 Å². The number of carbonyl (C=O) groups excluding carboxylic acids is 1. The summed E-state index contributed by atoms with van der Waals surface area (Å²) in [6.07, 6.45) is 2.86. The van der Waals surface area contributed by atoms with Crippen LogP contribution in [0.1, 0.15) is 30.2 Å². The predicted molar refractivity (Wildman–Crippen MR) is 108 cm³/mol. The van der Waals surface area contributed by atoms with Gasteiger partial charge in [0, 0.05) is 29.2 Å². The fourth-order valence-electron chi connectivity index (χ4n) is 2.53. The number of hydrogen-bond acceptors (Lipinski definition) is 5. The molecule has 5 nitrogen and oxygen atoms in total. The number of aromatic nitrogens is 2. The number of benzene rings is 1. The first-order valence-electron chi connectivity index (χ1n) is 9.00. The van der Waals surface area contributed by atoms with Crippen molar-refractivity contribution in [2.75, 3.05) is 6.61 Å². The normalized spacial score (nSPS) is 10.6. The zero-order valence-electron chi connectivity index (χ0n) is 15.6. The number of hydrogen-bond donors (Lipinski definition) is 1. The summed E-state index contributed by atoms with van der Waals surface area (Å²) in [6.45, 7) is 5.10. The number of carbonyl (C=O) groups is 1. The molecule has 0 spiro atoms. The van der Waals surface area contributed by atoms with Crippen LogP contribution >= 0.6 is 11.3 Å². The zero-order valence-corrected chi connectivity index (χ0v) is 16.4. The molecule has 0 unspecified atom stereocenters. The second-order valence-electron chi connectivity index (χ2n) is 6.28. The maximum absolute atomic E-state index is 12.3. The van der Waals surface area contributed by atoms with Crippen molar-refractivity contribution in [1.82, 2.24) is 15.3 Å². The van der Waals surface area contributed by atoms with E-state index < -0.39 is 0 Å². The molecule has 0 radical (unpaired) electrons. The average Bonchev–Trinajstić information content (AvgIpc) is 3.14. The molecule has 0 saturated heterocycles. The third-order valence-corrected chi connectivity index (χ3v) is 4.90. The van der Waals surface area contributed by atoms with E-state index in [4.69, 9.17) is 4.74 Å². The lowest BCUT2D eigenvalue weighted by Gasteiger charge is -2.10. The Morgan fingerprint density at radius 2 is 2.04 bits per heavy atom. The van der Waals surface area contributed by atoms with E-state index in [9.17, 15) is 4.79 Å². The highest BCUT2D eigenvalue weighted by Gasteiger charge is 2.11. The Labute approximate surface area is 163 Å². The van der Waals surface area contributed by atoms with Crippen molar-refractivity contribution in [3.63, 3.8) is 0 Å². The Balaban J connectivity index is 1.57. The monoisotopic (exact) mass is 381 g/mol. The minimum Gasteiger partial charge on any atom is -0.477 e. The van der Waals surface area contributed by atoms with Crippen LogP contribution in [0.2, 0.25) is 0 Å². The van der Waals surface area contributed by atoms with Gasteiger partial charge in [0.1, 0.15) is 5.01 Å². The summed E-state index contributed by atoms with van der Waals surface area (Å²) < 4.78 is 5.62. The molecule has 2 heterocycles. The maximum atomic E-state index is 12.3. The van der Waals surface area contributed by atoms with Gasteiger partial charge in [-0.1, -0.05) is 42.8 Å². The summed E-state index contributed by atoms with van der Waals surface area (Å²) in [5, 5.41) is 5.80. The van der Waals surface area contributed by atoms with Crippen LogP contribution in [0.4, 0.5) is 0 Å². The smallest absolute Gasteiger partial charge is 0.226 e. The number of amides is 1. The zero-order chi connectivity index (χ0) is 19.1. The van der Waals surface area contributed by atoms with Gasteiger partial charge in [0.25, 0.3) is 0 Å². The van der Waals surface area contributed by atoms with Gasteiger partial charge in [0.15, 0.2) is 0 Å². The number of rotatable bonds is 8. The van der Waals surface area contributed by atoms with E-state index >= 15 is 0 Å². The Morgan fingerprint density at radius 1 is 1.22 bits per heavy atom. The van der Waals surface area contributed by atoms with Gasteiger partial charge < -0.3 is 10.1 Å². The van der Waals surface area contributed by atoms with Gasteiger partial charge in [-0.15, -0.1) is 11.3 Å². The van der Waals surface area contributed by atoms with Crippen LogP contribution in [0.5, 0.6) is 5.88 Å². The Hall–Kier alpha value is -2.73. The van der Waals surface area contributed by atoms with Crippen molar-refractivity contribution >= 4 is 17.2 Å². The molecule has 1 amide bonds. The molecule has 27 heavy (non-hydrogen) atoms. The van der Waals surface area contributed by atoms with Crippen molar-refractivity contribution in [1.29, 1.82) is 0 Å². The Bertz CT molecular complexity index is 890. The molecule has 1 aromatic carbocycles. The molecule has 0 bridgehead atoms. The molecule has 0 aliphatic heterocycles. The molecular weight excluding hydrogens is 358 g/mol. The van der Waals surface area contributed by atoms with Gasteiger partial charge in [-0.3, -0.25) is 4.79 Å². The van der Waals surface area contributed by atoms with Gasteiger partial charge >= 0.3 is 0 Å². The molecule has 140 valence electrons. The van der Waals surface area contributed by atoms with Gasteiger partial charge in [-0.25, -0.2) is 9.97 Å². The average molecular weight is 382 g/mol. The van der Waals surface area contributed by atoms with Crippen molar-refractivity contribution in [2.24, 2.45) is 0 Å². The Kier molecular flexibility index (Phi) is 6.54. The number of ether oxygens (including phenoxy) is 1. The number of pyridine rings is 1. The first-order chi connectivity index (χ1) is 13.2. The second-order valence-corrected chi connectivity index (χ2v) is 7.14. The number of thiazole rings is 1. The standard InChI is InChI=1S/C21H23N3O2S/c1-3-11-26-20-17(5-4-10-22-20)13-23-19(25)12-18-14-27-21(24-18)16-8-6-15(2)7-9-16/h4-10,14H,3,11-13H2,1-2H3,(H,23,25). The minimum absolute atomic E-state index is 0.0685. The highest BCUT2D eigenvalue weighted by atomic mass is 32.1. The lowest BCUT2D eigenvalue weighted by atomic mass is 10.2. The second kappa shape index (κ2) is 9.28. The third kappa shape index (κ3) is 5.37. The molecule has 3 aromatic rings. The summed E-state index contributed by atoms with van der Waals surface area (Å²) in [5.41, 5.74) is 3.94. The molecular formula is C21H23N3O2S. The molecule has 1 N–H and O–H groups in total. The highest BCUT2D eigenvalue weighted by Crippen LogP contribution is 2.24. The molecule has 0 atom stereocenters. The van der Waals surface area contributed by atoms with Gasteiger partial charge in [-0.2, -0.15) is 0 Å². The lowest BCUT2D eigenvalue weighted by Crippen LogP contribution is -2.25. The topological polar surface area (TPSA) is 64.1 Å². The van der Waals surface area contributed by atoms with Gasteiger partial charge in [0.05, 0.1) is 18.7 Å². The van der Waals surface area contributed by atoms with Crippen molar-refractivity contribution in [2.45, 2.75) is 33.2 Å².